The number of aliphatic carboxylic acids is 2. The van der Waals surface area contributed by atoms with E-state index in [1.807, 2.05) is 0 Å². The summed E-state index contributed by atoms with van der Waals surface area (Å²) in [5, 5.41) is 31.4. The largest absolute Gasteiger partial charge is 0.478 e. The third-order valence-electron chi connectivity index (χ3n) is 6.20. The Morgan fingerprint density at radius 1 is 1.15 bits per heavy atom. The molecule has 2 amide bonds. The molecule has 2 aromatic rings. The summed E-state index contributed by atoms with van der Waals surface area (Å²) in [6, 6.07) is 4.13. The summed E-state index contributed by atoms with van der Waals surface area (Å²) in [5.41, 5.74) is 3.75. The van der Waals surface area contributed by atoms with Crippen LogP contribution >= 0.6 is 0 Å². The molecule has 0 saturated carbocycles. The summed E-state index contributed by atoms with van der Waals surface area (Å²) in [5.74, 6) is -3.57. The van der Waals surface area contributed by atoms with Gasteiger partial charge in [0.05, 0.1) is 30.5 Å². The van der Waals surface area contributed by atoms with Gasteiger partial charge in [0.15, 0.2) is 0 Å². The minimum Gasteiger partial charge on any atom is -0.478 e. The molecule has 1 saturated heterocycles. The fourth-order valence-electron chi connectivity index (χ4n) is 4.29. The van der Waals surface area contributed by atoms with Crippen LogP contribution in [0.15, 0.2) is 30.4 Å². The Kier molecular flexibility index (Phi) is 10.3. The average Bonchev–Trinajstić information content (AvgIpc) is 3.36. The van der Waals surface area contributed by atoms with Gasteiger partial charge >= 0.3 is 11.9 Å². The van der Waals surface area contributed by atoms with E-state index in [-0.39, 0.29) is 18.4 Å². The number of morpholine rings is 1. The Bertz CT molecular complexity index is 1330. The van der Waals surface area contributed by atoms with E-state index in [0.29, 0.717) is 71.2 Å². The molecule has 0 unspecified atom stereocenters. The van der Waals surface area contributed by atoms with Crippen LogP contribution in [0.5, 0.6) is 0 Å². The smallest absolute Gasteiger partial charge is 0.328 e. The summed E-state index contributed by atoms with van der Waals surface area (Å²) < 4.78 is 19.0. The Balaban J connectivity index is 0.000000482. The van der Waals surface area contributed by atoms with E-state index < -0.39 is 23.9 Å². The number of benzene rings is 1. The molecule has 13 heteroatoms. The maximum atomic E-state index is 13.7. The third-order valence-corrected chi connectivity index (χ3v) is 6.20. The van der Waals surface area contributed by atoms with E-state index in [1.165, 1.54) is 18.2 Å². The number of nitrogens with one attached hydrogen (secondary N) is 3. The van der Waals surface area contributed by atoms with Gasteiger partial charge in [0.2, 0.25) is 0 Å². The second-order valence-electron chi connectivity index (χ2n) is 9.15. The van der Waals surface area contributed by atoms with E-state index in [4.69, 9.17) is 14.9 Å². The SMILES string of the molecule is Cc1[nH]c(/C=C2\C(=O)Nc3ccc(F)cc32)c(C)c1C(=O)NC[C@H](O)CN1CCOCC1.O=C(O)/C=C\C(=O)O. The molecular weight excluding hydrogens is 527 g/mol. The molecule has 2 aliphatic heterocycles. The van der Waals surface area contributed by atoms with Crippen molar-refractivity contribution in [2.45, 2.75) is 20.0 Å². The van der Waals surface area contributed by atoms with Crippen molar-refractivity contribution in [3.63, 3.8) is 0 Å². The lowest BCUT2D eigenvalue weighted by Crippen LogP contribution is -2.44. The first kappa shape index (κ1) is 30.2. The first-order valence-corrected chi connectivity index (χ1v) is 12.4. The number of anilines is 1. The van der Waals surface area contributed by atoms with E-state index in [2.05, 4.69) is 20.5 Å². The summed E-state index contributed by atoms with van der Waals surface area (Å²) >= 11 is 0. The standard InChI is InChI=1S/C23H27FN4O4.C4H4O4/c1-13-20(10-18-17-9-15(24)3-4-19(17)27-22(18)30)26-14(2)21(13)23(31)25-11-16(29)12-28-5-7-32-8-6-28;5-3(6)1-2-4(7)8/h3-4,9-10,16,26,29H,5-8,11-12H2,1-2H3,(H,25,31)(H,27,30);1-2H,(H,5,6)(H,7,8)/b18-10-;2-1-/t16-;/m0./s1. The number of β-amino-alcohol motifs (C(OH)–C–C–N with tert-alkyl or cyclic N) is 1. The molecule has 1 aromatic heterocycles. The van der Waals surface area contributed by atoms with Crippen LogP contribution in [0.25, 0.3) is 11.6 Å². The predicted molar refractivity (Wildman–Crippen MR) is 143 cm³/mol. The van der Waals surface area contributed by atoms with Gasteiger partial charge in [-0.25, -0.2) is 14.0 Å². The number of nitrogens with zero attached hydrogens (tertiary/aromatic N) is 1. The van der Waals surface area contributed by atoms with Crippen molar-refractivity contribution >= 4 is 41.1 Å². The molecule has 12 nitrogen and oxygen atoms in total. The van der Waals surface area contributed by atoms with Gasteiger partial charge in [-0.2, -0.15) is 0 Å². The number of aromatic nitrogens is 1. The first-order chi connectivity index (χ1) is 19.0. The summed E-state index contributed by atoms with van der Waals surface area (Å²) in [6.07, 6.45) is 2.06. The fourth-order valence-corrected chi connectivity index (χ4v) is 4.29. The highest BCUT2D eigenvalue weighted by Gasteiger charge is 2.26. The van der Waals surface area contributed by atoms with Gasteiger partial charge in [0.1, 0.15) is 5.82 Å². The van der Waals surface area contributed by atoms with E-state index in [9.17, 15) is 28.7 Å². The number of halogens is 1. The number of ether oxygens (including phenoxy) is 1. The molecule has 0 spiro atoms. The number of carboxylic acids is 2. The maximum Gasteiger partial charge on any atom is 0.328 e. The summed E-state index contributed by atoms with van der Waals surface area (Å²) in [4.78, 5) is 49.6. The lowest BCUT2D eigenvalue weighted by atomic mass is 10.0. The molecule has 214 valence electrons. The number of aliphatic hydroxyl groups is 1. The van der Waals surface area contributed by atoms with Crippen molar-refractivity contribution in [3.8, 4) is 0 Å². The molecule has 1 fully saturated rings. The van der Waals surface area contributed by atoms with Crippen LogP contribution in [-0.2, 0) is 19.1 Å². The number of aliphatic hydroxyl groups excluding tert-OH is 1. The Morgan fingerprint density at radius 2 is 1.80 bits per heavy atom. The molecule has 40 heavy (non-hydrogen) atoms. The number of aromatic amines is 1. The van der Waals surface area contributed by atoms with Gasteiger partial charge in [-0.3, -0.25) is 14.5 Å². The van der Waals surface area contributed by atoms with Crippen LogP contribution in [-0.4, -0.2) is 94.5 Å². The van der Waals surface area contributed by atoms with Gasteiger partial charge in [-0.1, -0.05) is 0 Å². The predicted octanol–water partition coefficient (Wildman–Crippen LogP) is 1.40. The Hall–Kier alpha value is -4.33. The first-order valence-electron chi connectivity index (χ1n) is 12.4. The summed E-state index contributed by atoms with van der Waals surface area (Å²) in [6.45, 7) is 6.98. The maximum absolute atomic E-state index is 13.7. The molecule has 0 radical (unpaired) electrons. The van der Waals surface area contributed by atoms with Crippen LogP contribution < -0.4 is 10.6 Å². The highest BCUT2D eigenvalue weighted by Crippen LogP contribution is 2.34. The number of amides is 2. The van der Waals surface area contributed by atoms with Crippen LogP contribution in [0.1, 0.15) is 32.9 Å². The van der Waals surface area contributed by atoms with Crippen molar-refractivity contribution in [2.24, 2.45) is 0 Å². The van der Waals surface area contributed by atoms with Crippen molar-refractivity contribution < 1.29 is 43.6 Å². The number of hydrogen-bond acceptors (Lipinski definition) is 7. The van der Waals surface area contributed by atoms with Gasteiger partial charge < -0.3 is 35.7 Å². The lowest BCUT2D eigenvalue weighted by molar-refractivity contribution is -0.134. The van der Waals surface area contributed by atoms with Crippen molar-refractivity contribution in [1.82, 2.24) is 15.2 Å². The molecule has 0 aliphatic carbocycles. The van der Waals surface area contributed by atoms with Crippen LogP contribution in [0.3, 0.4) is 0 Å². The number of fused-ring (bicyclic) bond motifs is 1. The van der Waals surface area contributed by atoms with Crippen molar-refractivity contribution in [2.75, 3.05) is 44.7 Å². The van der Waals surface area contributed by atoms with Gasteiger partial charge in [0.25, 0.3) is 11.8 Å². The molecule has 0 bridgehead atoms. The number of H-pyrrole nitrogens is 1. The van der Waals surface area contributed by atoms with Crippen molar-refractivity contribution in [3.05, 3.63) is 64.2 Å². The molecule has 3 heterocycles. The molecular formula is C27H31FN4O8. The van der Waals surface area contributed by atoms with E-state index in [0.717, 1.165) is 13.1 Å². The quantitative estimate of drug-likeness (QED) is 0.261. The topological polar surface area (TPSA) is 181 Å². The highest BCUT2D eigenvalue weighted by atomic mass is 19.1. The summed E-state index contributed by atoms with van der Waals surface area (Å²) in [7, 11) is 0. The number of aryl methyl sites for hydroxylation is 1. The molecule has 4 rings (SSSR count). The Morgan fingerprint density at radius 3 is 2.42 bits per heavy atom. The molecule has 6 N–H and O–H groups in total. The minimum absolute atomic E-state index is 0.131. The van der Waals surface area contributed by atoms with E-state index in [1.54, 1.807) is 19.9 Å². The fraction of sp³-hybridized carbons (Fsp3) is 0.333. The molecule has 1 atom stereocenters. The van der Waals surface area contributed by atoms with Crippen LogP contribution in [0.2, 0.25) is 0 Å². The monoisotopic (exact) mass is 558 g/mol. The van der Waals surface area contributed by atoms with Crippen LogP contribution in [0.4, 0.5) is 10.1 Å². The highest BCUT2D eigenvalue weighted by molar-refractivity contribution is 6.34. The average molecular weight is 559 g/mol. The zero-order chi connectivity index (χ0) is 29.4. The third kappa shape index (κ3) is 8.09. The Labute approximate surface area is 229 Å². The number of carboxylic acid groups (broad SMARTS) is 2. The number of carbonyl (C=O) groups excluding carboxylic acids is 2. The van der Waals surface area contributed by atoms with E-state index >= 15 is 0 Å². The number of hydrogen-bond donors (Lipinski definition) is 6. The lowest BCUT2D eigenvalue weighted by Gasteiger charge is -2.28. The van der Waals surface area contributed by atoms with Crippen LogP contribution in [0, 0.1) is 19.7 Å². The van der Waals surface area contributed by atoms with Gasteiger partial charge in [-0.05, 0) is 43.7 Å². The van der Waals surface area contributed by atoms with Gasteiger partial charge in [-0.15, -0.1) is 0 Å². The second-order valence-corrected chi connectivity index (χ2v) is 9.15. The number of rotatable bonds is 8. The van der Waals surface area contributed by atoms with Crippen molar-refractivity contribution in [1.29, 1.82) is 0 Å². The minimum atomic E-state index is -1.26. The van der Waals surface area contributed by atoms with Gasteiger partial charge in [0, 0.05) is 61.0 Å². The zero-order valence-corrected chi connectivity index (χ0v) is 22.0. The number of carbonyl (C=O) groups is 4. The zero-order valence-electron chi connectivity index (χ0n) is 22.0. The molecule has 2 aliphatic rings. The second kappa shape index (κ2) is 13.6. The normalized spacial score (nSPS) is 16.7. The molecule has 1 aromatic carbocycles.